The van der Waals surface area contributed by atoms with Gasteiger partial charge in [-0.1, -0.05) is 52.1 Å². The van der Waals surface area contributed by atoms with E-state index in [-0.39, 0.29) is 191 Å². The lowest BCUT2D eigenvalue weighted by Gasteiger charge is -2.30. The van der Waals surface area contributed by atoms with Gasteiger partial charge in [0.05, 0.1) is 62.5 Å². The molecule has 1 saturated heterocycles. The van der Waals surface area contributed by atoms with E-state index in [0.29, 0.717) is 6.42 Å². The number of pyridine rings is 7. The summed E-state index contributed by atoms with van der Waals surface area (Å²) in [5.41, 5.74) is 0.586. The molecule has 44 heteroatoms. The molecule has 6 atom stereocenters. The SMILES string of the molecule is C=C(C)C(=O)OC1C2CC3C1OC(=O)C3C2C(=O)Oc1ccc(O)cn1.C=C(C)C(=O)OCC(=O)Oc1ccc(O)cn1.C=C(C)C(=O)OCCC(=O)Oc1ccc(=O)[nH]c1.C=C(C)C(=O)OCCC(=O)Oc1ccc(O)cn1.C=C(C)C(=O)OCCC(=O)Oc1ccc[nH]c1=O.C=C(C)C(=O)OCCC(=O)Oc1cccc(=O)[nH]1.C=C(C)C(=O)OCCC(=O)Oc1ncccc1O. The Morgan fingerprint density at radius 3 is 1.26 bits per heavy atom. The van der Waals surface area contributed by atoms with Gasteiger partial charge in [0.2, 0.25) is 29.1 Å². The lowest BCUT2D eigenvalue weighted by molar-refractivity contribution is -0.160. The summed E-state index contributed by atoms with van der Waals surface area (Å²) in [5, 5.41) is 36.5. The van der Waals surface area contributed by atoms with Crippen molar-refractivity contribution in [2.45, 2.75) is 99.2 Å². The van der Waals surface area contributed by atoms with E-state index in [1.807, 2.05) is 0 Å². The highest BCUT2D eigenvalue weighted by Gasteiger charge is 2.70. The van der Waals surface area contributed by atoms with E-state index >= 15 is 0 Å². The number of nitrogens with zero attached hydrogens (tertiary/aromatic N) is 4. The average Bonchev–Trinajstić information content (AvgIpc) is 1.54. The zero-order chi connectivity index (χ0) is 99.1. The number of aromatic nitrogens is 7. The Morgan fingerprint density at radius 1 is 0.414 bits per heavy atom. The Hall–Kier alpha value is -17.1. The molecule has 2 bridgehead atoms. The second-order valence-electron chi connectivity index (χ2n) is 27.6. The summed E-state index contributed by atoms with van der Waals surface area (Å²) in [7, 11) is 0. The molecule has 7 aromatic heterocycles. The van der Waals surface area contributed by atoms with Gasteiger partial charge < -0.3 is 101 Å². The Balaban J connectivity index is 0.000000326. The number of nitrogens with one attached hydrogen (secondary N) is 3. The summed E-state index contributed by atoms with van der Waals surface area (Å²) in [6.45, 7) is 33.5. The van der Waals surface area contributed by atoms with Gasteiger partial charge in [0, 0.05) is 99.8 Å². The first-order valence-corrected chi connectivity index (χ1v) is 39.0. The molecule has 0 amide bonds. The largest absolute Gasteiger partial charge is 0.506 e. The standard InChI is InChI=1S/C18H17NO7.5C12H13NO5.C11H11NO5/c1-7(2)16(21)25-14-9-5-10-13(18(23)26-15(10)14)12(9)17(22)24-11-4-3-8(20)6-19-11;1-8(2)12(16)17-6-5-11(15)18-9-3-4-10(14)13-7-9;1-8(2)12(16)17-6-5-11(15)18-10-4-3-9(14)7-13-10;1-8(2)12(16)17-7-5-10(14)18-9-4-3-6-13-11(9)15;1-8(2)12(16)17-7-5-10(15)18-11-9(14)4-3-6-13-11;1-8(2)12(16)17-7-6-11(15)18-10-5-3-4-9(14)13-10;1-7(2)11(15)16-6-10(14)17-9-4-3-8(13)5-12-9/h3-4,6,9-10,12-15,20H,1,5H2,2H3;3-4,7H,1,5-6H2,2H3,(H,13,14);3-4,7,14H,1,5-6H2,2H3;3-4,6H,1,5,7H2,2H3,(H,13,15);3-4,6,14H,1,5,7H2,2H3;3-5H,1,6-7H2,2H3,(H,13,14);3-5,13H,1,6H2,2H3. The van der Waals surface area contributed by atoms with Crippen LogP contribution in [-0.4, -0.2) is 197 Å². The molecule has 2 saturated carbocycles. The molecule has 3 aliphatic rings. The number of carbonyl (C=O) groups excluding carboxylic acids is 15. The van der Waals surface area contributed by atoms with Gasteiger partial charge in [-0.25, -0.2) is 58.3 Å². The number of aromatic hydroxyl groups is 4. The van der Waals surface area contributed by atoms with Crippen LogP contribution in [0.5, 0.6) is 63.9 Å². The number of fused-ring (bicyclic) bond motifs is 1. The van der Waals surface area contributed by atoms with Gasteiger partial charge in [0.25, 0.3) is 17.0 Å². The van der Waals surface area contributed by atoms with Gasteiger partial charge in [-0.05, 0) is 109 Å². The summed E-state index contributed by atoms with van der Waals surface area (Å²) >= 11 is 0. The number of esters is 15. The molecular formula is C89H93N7O37. The smallest absolute Gasteiger partial charge is 0.351 e. The highest BCUT2D eigenvalue weighted by atomic mass is 16.6. The molecule has 133 heavy (non-hydrogen) atoms. The molecule has 1 aliphatic heterocycles. The summed E-state index contributed by atoms with van der Waals surface area (Å²) in [5.74, 6) is -11.0. The minimum absolute atomic E-state index is 0.0131. The maximum Gasteiger partial charge on any atom is 0.351 e. The Morgan fingerprint density at radius 2 is 0.842 bits per heavy atom. The third-order valence-electron chi connectivity index (χ3n) is 16.2. The van der Waals surface area contributed by atoms with Crippen LogP contribution in [0.15, 0.2) is 228 Å². The first kappa shape index (κ1) is 108. The van der Waals surface area contributed by atoms with Gasteiger partial charge in [-0.2, -0.15) is 0 Å². The first-order valence-electron chi connectivity index (χ1n) is 39.0. The predicted octanol–water partition coefficient (Wildman–Crippen LogP) is 6.57. The van der Waals surface area contributed by atoms with Gasteiger partial charge >= 0.3 is 89.5 Å². The molecule has 0 aromatic carbocycles. The fraction of sp³-hybridized carbons (Fsp3) is 0.281. The first-order chi connectivity index (χ1) is 62.8. The third kappa shape index (κ3) is 40.6. The van der Waals surface area contributed by atoms with Crippen molar-refractivity contribution in [1.29, 1.82) is 0 Å². The minimum atomic E-state index is -0.766. The number of ether oxygens (including phenoxy) is 15. The maximum atomic E-state index is 12.7. The van der Waals surface area contributed by atoms with Crippen molar-refractivity contribution in [3.8, 4) is 63.9 Å². The molecule has 44 nitrogen and oxygen atoms in total. The normalized spacial score (nSPS) is 14.3. The topological polar surface area (TPSA) is 626 Å². The quantitative estimate of drug-likeness (QED) is 0.0130. The second kappa shape index (κ2) is 55.5. The van der Waals surface area contributed by atoms with Gasteiger partial charge in [-0.3, -0.25) is 52.9 Å². The number of H-pyrrole nitrogens is 3. The highest BCUT2D eigenvalue weighted by Crippen LogP contribution is 2.59. The number of hydrogen-bond acceptors (Lipinski definition) is 41. The van der Waals surface area contributed by atoms with Crippen LogP contribution in [0.1, 0.15) is 87.0 Å². The predicted molar refractivity (Wildman–Crippen MR) is 455 cm³/mol. The summed E-state index contributed by atoms with van der Waals surface area (Å²) in [6.07, 6.45) is 6.36. The zero-order valence-corrected chi connectivity index (χ0v) is 72.6. The lowest BCUT2D eigenvalue weighted by Crippen LogP contribution is -2.44. The molecule has 10 rings (SSSR count). The Bertz CT molecular complexity index is 5600. The Kier molecular flexibility index (Phi) is 45.1. The molecule has 8 heterocycles. The van der Waals surface area contributed by atoms with E-state index in [1.165, 1.54) is 158 Å². The lowest BCUT2D eigenvalue weighted by atomic mass is 9.78. The van der Waals surface area contributed by atoms with Crippen LogP contribution in [-0.2, 0) is 110 Å². The van der Waals surface area contributed by atoms with E-state index in [9.17, 15) is 96.5 Å². The molecule has 3 fully saturated rings. The molecule has 6 unspecified atom stereocenters. The molecule has 2 aliphatic carbocycles. The average molecular weight is 1850 g/mol. The third-order valence-corrected chi connectivity index (χ3v) is 16.2. The Labute approximate surface area is 755 Å². The van der Waals surface area contributed by atoms with Crippen molar-refractivity contribution >= 4 is 89.5 Å². The van der Waals surface area contributed by atoms with Crippen LogP contribution in [0.2, 0.25) is 0 Å². The van der Waals surface area contributed by atoms with Crippen molar-refractivity contribution < 1.29 is 163 Å². The van der Waals surface area contributed by atoms with E-state index in [0.717, 1.165) is 18.6 Å². The molecule has 7 aromatic rings. The maximum absolute atomic E-state index is 12.7. The van der Waals surface area contributed by atoms with Crippen LogP contribution in [0.4, 0.5) is 0 Å². The van der Waals surface area contributed by atoms with Crippen LogP contribution in [0.25, 0.3) is 0 Å². The van der Waals surface area contributed by atoms with Crippen LogP contribution in [0, 0.1) is 23.7 Å². The monoisotopic (exact) mass is 1850 g/mol. The summed E-state index contributed by atoms with van der Waals surface area (Å²) in [4.78, 5) is 225. The zero-order valence-electron chi connectivity index (χ0n) is 72.6. The summed E-state index contributed by atoms with van der Waals surface area (Å²) < 4.78 is 73.2. The van der Waals surface area contributed by atoms with E-state index in [4.69, 9.17) is 76.5 Å². The molecule has 0 radical (unpaired) electrons. The molecule has 0 spiro atoms. The van der Waals surface area contributed by atoms with Crippen LogP contribution in [0.3, 0.4) is 0 Å². The van der Waals surface area contributed by atoms with E-state index < -0.39 is 126 Å². The van der Waals surface area contributed by atoms with Gasteiger partial charge in [0.1, 0.15) is 68.2 Å². The van der Waals surface area contributed by atoms with Crippen molar-refractivity contribution in [3.63, 3.8) is 0 Å². The molecular weight excluding hydrogens is 1760 g/mol. The number of carbonyl (C=O) groups is 15. The van der Waals surface area contributed by atoms with E-state index in [2.05, 4.69) is 85.7 Å². The highest BCUT2D eigenvalue weighted by molar-refractivity contribution is 5.92. The number of aromatic amines is 3. The fourth-order valence-electron chi connectivity index (χ4n) is 10.1. The molecule has 7 N–H and O–H groups in total. The van der Waals surface area contributed by atoms with Crippen LogP contribution < -0.4 is 49.8 Å². The summed E-state index contributed by atoms with van der Waals surface area (Å²) in [6, 6.07) is 20.6. The molecule has 706 valence electrons. The van der Waals surface area contributed by atoms with Gasteiger partial charge in [-0.15, -0.1) is 0 Å². The minimum Gasteiger partial charge on any atom is -0.506 e. The van der Waals surface area contributed by atoms with Crippen molar-refractivity contribution in [1.82, 2.24) is 34.9 Å². The van der Waals surface area contributed by atoms with Crippen molar-refractivity contribution in [3.05, 3.63) is 244 Å². The van der Waals surface area contributed by atoms with E-state index in [1.54, 1.807) is 0 Å². The fourth-order valence-corrected chi connectivity index (χ4v) is 10.1. The van der Waals surface area contributed by atoms with Gasteiger partial charge in [0.15, 0.2) is 18.1 Å². The number of hydrogen-bond donors (Lipinski definition) is 7. The van der Waals surface area contributed by atoms with Crippen molar-refractivity contribution in [2.75, 3.05) is 39.6 Å². The number of rotatable bonds is 33. The second-order valence-corrected chi connectivity index (χ2v) is 27.6. The van der Waals surface area contributed by atoms with Crippen LogP contribution >= 0.6 is 0 Å². The van der Waals surface area contributed by atoms with Crippen molar-refractivity contribution in [2.24, 2.45) is 23.7 Å².